The predicted octanol–water partition coefficient (Wildman–Crippen LogP) is 6.79. The lowest BCUT2D eigenvalue weighted by Gasteiger charge is -2.15. The fourth-order valence-corrected chi connectivity index (χ4v) is 4.79. The molecule has 0 N–H and O–H groups in total. The van der Waals surface area contributed by atoms with Gasteiger partial charge in [-0.1, -0.05) is 60.7 Å². The van der Waals surface area contributed by atoms with Crippen LogP contribution in [0.1, 0.15) is 0 Å². The third-order valence-electron chi connectivity index (χ3n) is 6.04. The number of pyridine rings is 1. The zero-order valence-electron chi connectivity index (χ0n) is 16.0. The summed E-state index contributed by atoms with van der Waals surface area (Å²) in [5.41, 5.74) is 4.63. The number of rotatable bonds is 0. The van der Waals surface area contributed by atoms with E-state index in [1.165, 1.54) is 21.5 Å². The van der Waals surface area contributed by atoms with Crippen LogP contribution in [0, 0.1) is 0 Å². The van der Waals surface area contributed by atoms with E-state index in [-0.39, 0.29) is 0 Å². The van der Waals surface area contributed by atoms with Gasteiger partial charge in [-0.15, -0.1) is 0 Å². The van der Waals surface area contributed by atoms with Crippen molar-refractivity contribution >= 4 is 65.3 Å². The van der Waals surface area contributed by atoms with Gasteiger partial charge in [0.1, 0.15) is 0 Å². The second kappa shape index (κ2) is 5.71. The third kappa shape index (κ3) is 1.96. The van der Waals surface area contributed by atoms with Gasteiger partial charge in [-0.3, -0.25) is 4.98 Å². The van der Waals surface area contributed by atoms with E-state index in [1.807, 2.05) is 36.5 Å². The zero-order chi connectivity index (χ0) is 19.7. The summed E-state index contributed by atoms with van der Waals surface area (Å²) >= 11 is 0. The lowest BCUT2D eigenvalue weighted by atomic mass is 9.91. The minimum atomic E-state index is 0.902. The molecule has 0 aliphatic rings. The predicted molar refractivity (Wildman–Crippen MR) is 125 cm³/mol. The summed E-state index contributed by atoms with van der Waals surface area (Å²) in [6.07, 6.45) is 1.87. The fourth-order valence-electron chi connectivity index (χ4n) is 4.79. The molecule has 2 aromatic heterocycles. The quantitative estimate of drug-likeness (QED) is 0.214. The van der Waals surface area contributed by atoms with E-state index in [9.17, 15) is 0 Å². The summed E-state index contributed by atoms with van der Waals surface area (Å²) in [6.45, 7) is 0. The van der Waals surface area contributed by atoms with E-state index in [2.05, 4.69) is 54.6 Å². The van der Waals surface area contributed by atoms with Crippen molar-refractivity contribution in [2.24, 2.45) is 0 Å². The Morgan fingerprint density at radius 3 is 1.57 bits per heavy atom. The van der Waals surface area contributed by atoms with Crippen LogP contribution in [0.15, 0.2) is 91.1 Å². The van der Waals surface area contributed by atoms with Crippen LogP contribution in [0.3, 0.4) is 0 Å². The van der Waals surface area contributed by atoms with Crippen LogP contribution in [0.4, 0.5) is 0 Å². The number of aromatic nitrogens is 3. The fraction of sp³-hybridized carbons (Fsp3) is 0. The van der Waals surface area contributed by atoms with Crippen molar-refractivity contribution in [1.29, 1.82) is 0 Å². The molecule has 0 unspecified atom stereocenters. The van der Waals surface area contributed by atoms with Gasteiger partial charge in [0.05, 0.1) is 27.6 Å². The van der Waals surface area contributed by atoms with Crippen molar-refractivity contribution < 1.29 is 0 Å². The Morgan fingerprint density at radius 1 is 0.400 bits per heavy atom. The summed E-state index contributed by atoms with van der Waals surface area (Å²) in [5.74, 6) is 0. The molecule has 0 radical (unpaired) electrons. The van der Waals surface area contributed by atoms with Crippen molar-refractivity contribution in [2.75, 3.05) is 0 Å². The molecule has 0 saturated carbocycles. The molecule has 0 bridgehead atoms. The van der Waals surface area contributed by atoms with Crippen molar-refractivity contribution in [3.8, 4) is 0 Å². The summed E-state index contributed by atoms with van der Waals surface area (Å²) in [5, 5.41) is 8.17. The highest BCUT2D eigenvalue weighted by molar-refractivity contribution is 6.37. The highest BCUT2D eigenvalue weighted by Gasteiger charge is 2.18. The molecule has 7 aromatic rings. The number of para-hydroxylation sites is 2. The molecule has 2 heterocycles. The smallest absolute Gasteiger partial charge is 0.0995 e. The Balaban J connectivity index is 1.94. The molecule has 138 valence electrons. The first-order valence-electron chi connectivity index (χ1n) is 10.1. The molecule has 0 atom stereocenters. The Hall–Kier alpha value is -4.11. The number of benzene rings is 5. The molecule has 3 nitrogen and oxygen atoms in total. The third-order valence-corrected chi connectivity index (χ3v) is 6.04. The van der Waals surface area contributed by atoms with Crippen LogP contribution >= 0.6 is 0 Å². The first kappa shape index (κ1) is 15.8. The number of nitrogens with zero attached hydrogens (tertiary/aromatic N) is 3. The highest BCUT2D eigenvalue weighted by atomic mass is 14.8. The molecule has 0 aliphatic heterocycles. The largest absolute Gasteiger partial charge is 0.256 e. The molecule has 3 heteroatoms. The van der Waals surface area contributed by atoms with Crippen LogP contribution in [0.5, 0.6) is 0 Å². The minimum absolute atomic E-state index is 0.902. The SMILES string of the molecule is c1ccc2nc3c(nc2c1)c1cccnc1c1c2ccccc2c2ccccc2c31. The lowest BCUT2D eigenvalue weighted by Crippen LogP contribution is -1.94. The van der Waals surface area contributed by atoms with E-state index in [1.54, 1.807) is 0 Å². The van der Waals surface area contributed by atoms with Crippen molar-refractivity contribution in [2.45, 2.75) is 0 Å². The van der Waals surface area contributed by atoms with Crippen LogP contribution in [0.25, 0.3) is 65.3 Å². The zero-order valence-corrected chi connectivity index (χ0v) is 16.0. The maximum Gasteiger partial charge on any atom is 0.0995 e. The molecule has 0 spiro atoms. The molecule has 7 rings (SSSR count). The average Bonchev–Trinajstić information content (AvgIpc) is 2.82. The molecule has 0 aliphatic carbocycles. The van der Waals surface area contributed by atoms with Crippen LogP contribution < -0.4 is 0 Å². The first-order chi connectivity index (χ1) is 14.9. The van der Waals surface area contributed by atoms with Gasteiger partial charge in [-0.25, -0.2) is 9.97 Å². The first-order valence-corrected chi connectivity index (χ1v) is 10.1. The van der Waals surface area contributed by atoms with Gasteiger partial charge in [0.2, 0.25) is 0 Å². The number of hydrogen-bond acceptors (Lipinski definition) is 3. The molecular weight excluding hydrogens is 366 g/mol. The second-order valence-corrected chi connectivity index (χ2v) is 7.65. The van der Waals surface area contributed by atoms with E-state index in [0.29, 0.717) is 0 Å². The summed E-state index contributed by atoms with van der Waals surface area (Å²) in [6, 6.07) is 29.3. The molecule has 0 saturated heterocycles. The van der Waals surface area contributed by atoms with Gasteiger partial charge in [-0.05, 0) is 45.8 Å². The Morgan fingerprint density at radius 2 is 0.900 bits per heavy atom. The van der Waals surface area contributed by atoms with E-state index >= 15 is 0 Å². The Bertz CT molecular complexity index is 1790. The van der Waals surface area contributed by atoms with Crippen molar-refractivity contribution in [3.05, 3.63) is 91.1 Å². The van der Waals surface area contributed by atoms with E-state index in [4.69, 9.17) is 15.0 Å². The average molecular weight is 381 g/mol. The molecular formula is C27H15N3. The van der Waals surface area contributed by atoms with E-state index < -0.39 is 0 Å². The maximum absolute atomic E-state index is 5.12. The van der Waals surface area contributed by atoms with Gasteiger partial charge >= 0.3 is 0 Å². The van der Waals surface area contributed by atoms with Crippen LogP contribution in [0.2, 0.25) is 0 Å². The van der Waals surface area contributed by atoms with Crippen molar-refractivity contribution in [1.82, 2.24) is 15.0 Å². The standard InChI is InChI=1S/C27H15N3/c1-3-10-18-16(8-1)17-9-2-4-11-19(17)24-23(18)25-20(12-7-15-28-25)26-27(24)30-22-14-6-5-13-21(22)29-26/h1-15H. The topological polar surface area (TPSA) is 38.7 Å². The normalized spacial score (nSPS) is 12.0. The monoisotopic (exact) mass is 381 g/mol. The van der Waals surface area contributed by atoms with Gasteiger partial charge in [-0.2, -0.15) is 0 Å². The van der Waals surface area contributed by atoms with Crippen LogP contribution in [-0.4, -0.2) is 15.0 Å². The van der Waals surface area contributed by atoms with Crippen LogP contribution in [-0.2, 0) is 0 Å². The summed E-state index contributed by atoms with van der Waals surface area (Å²) < 4.78 is 0. The molecule has 0 amide bonds. The highest BCUT2D eigenvalue weighted by Crippen LogP contribution is 2.42. The number of fused-ring (bicyclic) bond motifs is 12. The van der Waals surface area contributed by atoms with E-state index in [0.717, 1.165) is 43.7 Å². The Labute approximate surface area is 171 Å². The molecule has 0 fully saturated rings. The molecule has 5 aromatic carbocycles. The maximum atomic E-state index is 5.12. The van der Waals surface area contributed by atoms with Gasteiger partial charge in [0.15, 0.2) is 0 Å². The lowest BCUT2D eigenvalue weighted by molar-refractivity contribution is 1.40. The van der Waals surface area contributed by atoms with Crippen molar-refractivity contribution in [3.63, 3.8) is 0 Å². The Kier molecular flexibility index (Phi) is 3.00. The van der Waals surface area contributed by atoms with Gasteiger partial charge in [0.25, 0.3) is 0 Å². The van der Waals surface area contributed by atoms with Gasteiger partial charge < -0.3 is 0 Å². The summed E-state index contributed by atoms with van der Waals surface area (Å²) in [4.78, 5) is 15.0. The summed E-state index contributed by atoms with van der Waals surface area (Å²) in [7, 11) is 0. The number of hydrogen-bond donors (Lipinski definition) is 0. The minimum Gasteiger partial charge on any atom is -0.256 e. The second-order valence-electron chi connectivity index (χ2n) is 7.65. The molecule has 30 heavy (non-hydrogen) atoms. The van der Waals surface area contributed by atoms with Gasteiger partial charge in [0, 0.05) is 22.4 Å².